The largest absolute Gasteiger partial charge is 0.317 e. The monoisotopic (exact) mass is 259 g/mol. The maximum Gasteiger partial charge on any atom is 0.190 e. The van der Waals surface area contributed by atoms with Crippen LogP contribution in [-0.2, 0) is 4.79 Å². The quantitative estimate of drug-likeness (QED) is 0.430. The van der Waals surface area contributed by atoms with Gasteiger partial charge in [-0.05, 0) is 13.0 Å². The number of nitrogens with zero attached hydrogens (tertiary/aromatic N) is 1. The Hall–Kier alpha value is -0.0631. The Labute approximate surface area is 107 Å². The van der Waals surface area contributed by atoms with Crippen LogP contribution < -0.4 is 0 Å². The zero-order valence-electron chi connectivity index (χ0n) is 11.2. The van der Waals surface area contributed by atoms with Crippen molar-refractivity contribution in [3.8, 4) is 0 Å². The first-order chi connectivity index (χ1) is 7.29. The molecule has 0 saturated carbocycles. The summed E-state index contributed by atoms with van der Waals surface area (Å²) in [5, 5.41) is -0.0240. The molecule has 2 nitrogen and oxygen atoms in total. The lowest BCUT2D eigenvalue weighted by atomic mass is 9.98. The zero-order chi connectivity index (χ0) is 12.9. The highest BCUT2D eigenvalue weighted by Gasteiger charge is 2.33. The predicted octanol–water partition coefficient (Wildman–Crippen LogP) is 3.18. The molecule has 0 aromatic rings. The second-order valence-corrected chi connectivity index (χ2v) is 10.4. The fourth-order valence-electron chi connectivity index (χ4n) is 2.20. The highest BCUT2D eigenvalue weighted by atomic mass is 32.1. The molecule has 0 radical (unpaired) electrons. The molecule has 0 bridgehead atoms. The van der Waals surface area contributed by atoms with Crippen LogP contribution in [0.1, 0.15) is 20.3 Å². The molecule has 0 amide bonds. The molecule has 2 unspecified atom stereocenters. The predicted molar refractivity (Wildman–Crippen MR) is 77.5 cm³/mol. The van der Waals surface area contributed by atoms with Crippen molar-refractivity contribution in [3.05, 3.63) is 12.7 Å². The van der Waals surface area contributed by atoms with Crippen LogP contribution in [-0.4, -0.2) is 30.5 Å². The topological polar surface area (TPSA) is 20.3 Å². The van der Waals surface area contributed by atoms with Crippen LogP contribution in [0.25, 0.3) is 0 Å². The Morgan fingerprint density at radius 3 is 2.12 bits per heavy atom. The van der Waals surface area contributed by atoms with Gasteiger partial charge >= 0.3 is 0 Å². The molecule has 0 aliphatic carbocycles. The van der Waals surface area contributed by atoms with E-state index in [9.17, 15) is 4.79 Å². The van der Waals surface area contributed by atoms with Crippen molar-refractivity contribution in [2.24, 2.45) is 5.92 Å². The summed E-state index contributed by atoms with van der Waals surface area (Å²) in [4.78, 5) is 11.5. The number of hydrogen-bond donors (Lipinski definition) is 1. The molecule has 0 aliphatic heterocycles. The first kappa shape index (κ1) is 15.9. The molecular formula is C12H25NOSSi. The average molecular weight is 259 g/mol. The van der Waals surface area contributed by atoms with Gasteiger partial charge in [0.1, 0.15) is 8.24 Å². The van der Waals surface area contributed by atoms with Crippen molar-refractivity contribution < 1.29 is 4.79 Å². The van der Waals surface area contributed by atoms with Gasteiger partial charge in [0.15, 0.2) is 5.12 Å². The molecule has 94 valence electrons. The number of thiol groups is 1. The molecule has 0 N–H and O–H groups in total. The molecule has 0 spiro atoms. The molecule has 0 fully saturated rings. The SMILES string of the molecule is C=CC(C(CC)C(=O)S)N(CC)[Si](C)(C)C. The van der Waals surface area contributed by atoms with Gasteiger partial charge in [-0.1, -0.05) is 39.6 Å². The van der Waals surface area contributed by atoms with E-state index in [1.54, 1.807) is 0 Å². The van der Waals surface area contributed by atoms with Crippen molar-refractivity contribution in [1.29, 1.82) is 0 Å². The normalized spacial score (nSPS) is 15.9. The van der Waals surface area contributed by atoms with Crippen LogP contribution in [0.4, 0.5) is 0 Å². The molecule has 0 heterocycles. The summed E-state index contributed by atoms with van der Waals surface area (Å²) in [6.45, 7) is 15.9. The zero-order valence-corrected chi connectivity index (χ0v) is 13.1. The van der Waals surface area contributed by atoms with E-state index in [0.29, 0.717) is 0 Å². The molecule has 2 atom stereocenters. The summed E-state index contributed by atoms with van der Waals surface area (Å²) < 4.78 is 2.43. The maximum atomic E-state index is 11.5. The Bertz CT molecular complexity index is 250. The van der Waals surface area contributed by atoms with Crippen LogP contribution >= 0.6 is 12.6 Å². The third-order valence-corrected chi connectivity index (χ3v) is 5.64. The maximum absolute atomic E-state index is 11.5. The van der Waals surface area contributed by atoms with Gasteiger partial charge in [0, 0.05) is 12.0 Å². The highest BCUT2D eigenvalue weighted by molar-refractivity contribution is 7.96. The number of likely N-dealkylation sites (N-methyl/N-ethyl adjacent to an activating group) is 1. The van der Waals surface area contributed by atoms with E-state index in [2.05, 4.69) is 50.3 Å². The van der Waals surface area contributed by atoms with Gasteiger partial charge in [-0.3, -0.25) is 4.79 Å². The van der Waals surface area contributed by atoms with Crippen LogP contribution in [0, 0.1) is 5.92 Å². The second-order valence-electron chi connectivity index (χ2n) is 5.04. The lowest BCUT2D eigenvalue weighted by Crippen LogP contribution is -2.54. The van der Waals surface area contributed by atoms with Crippen LogP contribution in [0.5, 0.6) is 0 Å². The lowest BCUT2D eigenvalue weighted by Gasteiger charge is -2.41. The van der Waals surface area contributed by atoms with Crippen LogP contribution in [0.15, 0.2) is 12.7 Å². The second kappa shape index (κ2) is 6.62. The van der Waals surface area contributed by atoms with Gasteiger partial charge in [-0.15, -0.1) is 19.2 Å². The summed E-state index contributed by atoms with van der Waals surface area (Å²) in [5.41, 5.74) is 0. The molecule has 4 heteroatoms. The summed E-state index contributed by atoms with van der Waals surface area (Å²) in [6.07, 6.45) is 2.73. The molecule has 16 heavy (non-hydrogen) atoms. The van der Waals surface area contributed by atoms with Crippen molar-refractivity contribution in [2.75, 3.05) is 6.54 Å². The lowest BCUT2D eigenvalue weighted by molar-refractivity contribution is -0.115. The first-order valence-electron chi connectivity index (χ1n) is 5.91. The number of hydrogen-bond acceptors (Lipinski definition) is 2. The molecule has 0 aromatic carbocycles. The van der Waals surface area contributed by atoms with Crippen LogP contribution in [0.3, 0.4) is 0 Å². The first-order valence-corrected chi connectivity index (χ1v) is 9.81. The van der Waals surface area contributed by atoms with Gasteiger partial charge in [0.05, 0.1) is 0 Å². The number of rotatable bonds is 7. The Morgan fingerprint density at radius 1 is 1.44 bits per heavy atom. The molecule has 0 aromatic heterocycles. The minimum atomic E-state index is -1.42. The summed E-state index contributed by atoms with van der Waals surface area (Å²) in [7, 11) is -1.42. The third-order valence-electron chi connectivity index (χ3n) is 2.97. The summed E-state index contributed by atoms with van der Waals surface area (Å²) >= 11 is 4.00. The van der Waals surface area contributed by atoms with Gasteiger partial charge in [-0.2, -0.15) is 0 Å². The molecular weight excluding hydrogens is 234 g/mol. The smallest absolute Gasteiger partial charge is 0.190 e. The third kappa shape index (κ3) is 4.07. The fourth-order valence-corrected chi connectivity index (χ4v) is 4.67. The fraction of sp³-hybridized carbons (Fsp3) is 0.750. The number of carbonyl (C=O) groups is 1. The van der Waals surface area contributed by atoms with E-state index < -0.39 is 8.24 Å². The Morgan fingerprint density at radius 2 is 1.94 bits per heavy atom. The van der Waals surface area contributed by atoms with Crippen molar-refractivity contribution in [2.45, 2.75) is 46.0 Å². The van der Waals surface area contributed by atoms with E-state index in [4.69, 9.17) is 0 Å². The van der Waals surface area contributed by atoms with Gasteiger partial charge < -0.3 is 4.57 Å². The van der Waals surface area contributed by atoms with Crippen molar-refractivity contribution in [3.63, 3.8) is 0 Å². The minimum Gasteiger partial charge on any atom is -0.317 e. The summed E-state index contributed by atoms with van der Waals surface area (Å²) in [5.74, 6) is -0.0347. The summed E-state index contributed by atoms with van der Waals surface area (Å²) in [6, 6.07) is 0.131. The van der Waals surface area contributed by atoms with Crippen molar-refractivity contribution in [1.82, 2.24) is 4.57 Å². The minimum absolute atomic E-state index is 0.0240. The Kier molecular flexibility index (Phi) is 6.59. The molecule has 0 aliphatic rings. The van der Waals surface area contributed by atoms with E-state index in [-0.39, 0.29) is 17.1 Å². The standard InChI is InChI=1S/C12H25NOSSi/c1-7-10(12(14)15)11(8-2)13(9-3)16(4,5)6/h8,10-11H,2,7,9H2,1,3-6H3,(H,14,15). The molecule has 0 saturated heterocycles. The van der Waals surface area contributed by atoms with E-state index in [1.165, 1.54) is 0 Å². The van der Waals surface area contributed by atoms with Gasteiger partial charge in [0.25, 0.3) is 0 Å². The van der Waals surface area contributed by atoms with Crippen molar-refractivity contribution >= 4 is 26.0 Å². The number of carbonyl (C=O) groups excluding carboxylic acids is 1. The van der Waals surface area contributed by atoms with E-state index in [1.807, 2.05) is 13.0 Å². The van der Waals surface area contributed by atoms with E-state index >= 15 is 0 Å². The Balaban J connectivity index is 5.08. The molecule has 0 rings (SSSR count). The highest BCUT2D eigenvalue weighted by Crippen LogP contribution is 2.23. The average Bonchev–Trinajstić information content (AvgIpc) is 2.14. The van der Waals surface area contributed by atoms with E-state index in [0.717, 1.165) is 13.0 Å². The van der Waals surface area contributed by atoms with Gasteiger partial charge in [0.2, 0.25) is 0 Å². The van der Waals surface area contributed by atoms with Gasteiger partial charge in [-0.25, -0.2) is 0 Å². The van der Waals surface area contributed by atoms with Crippen LogP contribution in [0.2, 0.25) is 19.6 Å².